The van der Waals surface area contributed by atoms with Crippen LogP contribution in [-0.4, -0.2) is 71.6 Å². The lowest BCUT2D eigenvalue weighted by molar-refractivity contribution is -0.172. The first kappa shape index (κ1) is 25.3. The van der Waals surface area contributed by atoms with Gasteiger partial charge in [-0.15, -0.1) is 0 Å². The Morgan fingerprint density at radius 2 is 1.83 bits per heavy atom. The molecular formula is C26H34N2O7. The maximum absolute atomic E-state index is 13.4. The quantitative estimate of drug-likeness (QED) is 0.494. The van der Waals surface area contributed by atoms with Crippen molar-refractivity contribution in [3.05, 3.63) is 35.9 Å². The maximum Gasteiger partial charge on any atom is 0.306 e. The lowest BCUT2D eigenvalue weighted by atomic mass is 10.1. The molecule has 3 heterocycles. The summed E-state index contributed by atoms with van der Waals surface area (Å²) in [6.07, 6.45) is 4.54. The normalized spacial score (nSPS) is 24.6. The van der Waals surface area contributed by atoms with Crippen LogP contribution in [0.4, 0.5) is 0 Å². The zero-order chi connectivity index (χ0) is 24.6. The van der Waals surface area contributed by atoms with Crippen LogP contribution in [0.2, 0.25) is 0 Å². The molecule has 0 saturated carbocycles. The van der Waals surface area contributed by atoms with E-state index in [1.165, 1.54) is 0 Å². The van der Waals surface area contributed by atoms with E-state index in [2.05, 4.69) is 0 Å². The number of nitrogens with zero attached hydrogens (tertiary/aromatic N) is 2. The minimum atomic E-state index is -0.818. The highest BCUT2D eigenvalue weighted by molar-refractivity contribution is 6.03. The van der Waals surface area contributed by atoms with Crippen LogP contribution in [0.3, 0.4) is 0 Å². The predicted molar refractivity (Wildman–Crippen MR) is 125 cm³/mol. The molecular weight excluding hydrogens is 452 g/mol. The third-order valence-electron chi connectivity index (χ3n) is 6.82. The molecule has 190 valence electrons. The number of benzene rings is 1. The number of carbonyl (C=O) groups is 4. The van der Waals surface area contributed by atoms with E-state index < -0.39 is 17.9 Å². The van der Waals surface area contributed by atoms with Gasteiger partial charge in [0.15, 0.2) is 6.29 Å². The second kappa shape index (κ2) is 12.3. The van der Waals surface area contributed by atoms with Crippen LogP contribution in [0, 0.1) is 0 Å². The monoisotopic (exact) mass is 486 g/mol. The zero-order valence-corrected chi connectivity index (χ0v) is 20.1. The molecule has 3 aliphatic heterocycles. The smallest absolute Gasteiger partial charge is 0.306 e. The van der Waals surface area contributed by atoms with E-state index >= 15 is 0 Å². The SMILES string of the molecule is O=C(CCC(=O)N1C(=O)CC[C@H]1C(=O)N1CCC[C@H]1COC1CCCCO1)OCc1ccccc1. The van der Waals surface area contributed by atoms with Gasteiger partial charge in [0.1, 0.15) is 12.6 Å². The van der Waals surface area contributed by atoms with Gasteiger partial charge < -0.3 is 19.1 Å². The Labute approximate surface area is 205 Å². The summed E-state index contributed by atoms with van der Waals surface area (Å²) in [5.41, 5.74) is 0.853. The van der Waals surface area contributed by atoms with E-state index in [0.717, 1.165) is 42.6 Å². The average Bonchev–Trinajstić information content (AvgIpc) is 3.52. The summed E-state index contributed by atoms with van der Waals surface area (Å²) in [4.78, 5) is 53.6. The molecule has 0 bridgehead atoms. The molecule has 1 aromatic carbocycles. The Kier molecular flexibility index (Phi) is 8.87. The van der Waals surface area contributed by atoms with Crippen molar-refractivity contribution in [3.63, 3.8) is 0 Å². The molecule has 0 aromatic heterocycles. The molecule has 4 rings (SSSR count). The van der Waals surface area contributed by atoms with Gasteiger partial charge in [-0.3, -0.25) is 24.1 Å². The minimum absolute atomic E-state index is 0.0892. The van der Waals surface area contributed by atoms with Gasteiger partial charge in [-0.1, -0.05) is 30.3 Å². The van der Waals surface area contributed by atoms with Crippen molar-refractivity contribution in [2.45, 2.75) is 82.8 Å². The highest BCUT2D eigenvalue weighted by Crippen LogP contribution is 2.27. The molecule has 0 radical (unpaired) electrons. The molecule has 35 heavy (non-hydrogen) atoms. The van der Waals surface area contributed by atoms with Crippen molar-refractivity contribution in [2.24, 2.45) is 0 Å². The average molecular weight is 487 g/mol. The molecule has 3 saturated heterocycles. The van der Waals surface area contributed by atoms with E-state index in [4.69, 9.17) is 14.2 Å². The largest absolute Gasteiger partial charge is 0.461 e. The van der Waals surface area contributed by atoms with Crippen molar-refractivity contribution in [1.29, 1.82) is 0 Å². The zero-order valence-electron chi connectivity index (χ0n) is 20.1. The third kappa shape index (κ3) is 6.67. The first-order valence-corrected chi connectivity index (χ1v) is 12.6. The molecule has 1 unspecified atom stereocenters. The summed E-state index contributed by atoms with van der Waals surface area (Å²) >= 11 is 0. The molecule has 3 fully saturated rings. The van der Waals surface area contributed by atoms with Crippen LogP contribution in [0.25, 0.3) is 0 Å². The second-order valence-corrected chi connectivity index (χ2v) is 9.32. The molecule has 9 nitrogen and oxygen atoms in total. The molecule has 3 atom stereocenters. The molecule has 1 aromatic rings. The summed E-state index contributed by atoms with van der Waals surface area (Å²) in [5.74, 6) is -1.61. The van der Waals surface area contributed by atoms with Crippen molar-refractivity contribution >= 4 is 23.7 Å². The number of amides is 3. The topological polar surface area (TPSA) is 102 Å². The summed E-state index contributed by atoms with van der Waals surface area (Å²) in [5, 5.41) is 0. The Morgan fingerprint density at radius 3 is 2.60 bits per heavy atom. The van der Waals surface area contributed by atoms with Gasteiger partial charge in [0.05, 0.1) is 19.1 Å². The Hall–Kier alpha value is -2.78. The second-order valence-electron chi connectivity index (χ2n) is 9.32. The standard InChI is InChI=1S/C26H34N2O7/c29-22-12-11-21(26(32)27-15-6-9-20(27)18-35-25-10-4-5-16-33-25)28(22)23(30)13-14-24(31)34-17-19-7-2-1-3-8-19/h1-3,7-8,20-21,25H,4-6,9-18H2/t20-,21-,25?/m0/s1. The molecule has 9 heteroatoms. The third-order valence-corrected chi connectivity index (χ3v) is 6.82. The van der Waals surface area contributed by atoms with Crippen molar-refractivity contribution < 1.29 is 33.4 Å². The molecule has 0 aliphatic carbocycles. The first-order valence-electron chi connectivity index (χ1n) is 12.6. The van der Waals surface area contributed by atoms with Gasteiger partial charge in [-0.05, 0) is 44.1 Å². The van der Waals surface area contributed by atoms with Crippen LogP contribution >= 0.6 is 0 Å². The van der Waals surface area contributed by atoms with E-state index in [9.17, 15) is 19.2 Å². The number of esters is 1. The van der Waals surface area contributed by atoms with E-state index in [0.29, 0.717) is 26.2 Å². The lowest BCUT2D eigenvalue weighted by Crippen LogP contribution is -2.51. The first-order chi connectivity index (χ1) is 17.0. The fraction of sp³-hybridized carbons (Fsp3) is 0.615. The van der Waals surface area contributed by atoms with Crippen LogP contribution in [0.15, 0.2) is 30.3 Å². The van der Waals surface area contributed by atoms with E-state index in [1.807, 2.05) is 30.3 Å². The van der Waals surface area contributed by atoms with Crippen molar-refractivity contribution in [1.82, 2.24) is 9.80 Å². The van der Waals surface area contributed by atoms with Crippen LogP contribution in [0.5, 0.6) is 0 Å². The minimum Gasteiger partial charge on any atom is -0.461 e. The van der Waals surface area contributed by atoms with Crippen LogP contribution < -0.4 is 0 Å². The number of imide groups is 1. The summed E-state index contributed by atoms with van der Waals surface area (Å²) in [6.45, 7) is 1.79. The van der Waals surface area contributed by atoms with Crippen LogP contribution in [0.1, 0.15) is 63.4 Å². The summed E-state index contributed by atoms with van der Waals surface area (Å²) in [6, 6.07) is 8.35. The van der Waals surface area contributed by atoms with Crippen molar-refractivity contribution in [2.75, 3.05) is 19.8 Å². The van der Waals surface area contributed by atoms with Gasteiger partial charge in [-0.2, -0.15) is 0 Å². The highest BCUT2D eigenvalue weighted by Gasteiger charge is 2.44. The van der Waals surface area contributed by atoms with E-state index in [-0.39, 0.29) is 50.0 Å². The number of hydrogen-bond donors (Lipinski definition) is 0. The maximum atomic E-state index is 13.4. The molecule has 0 spiro atoms. The molecule has 3 amide bonds. The Bertz CT molecular complexity index is 900. The summed E-state index contributed by atoms with van der Waals surface area (Å²) < 4.78 is 16.8. The molecule has 3 aliphatic rings. The number of hydrogen-bond acceptors (Lipinski definition) is 7. The van der Waals surface area contributed by atoms with Gasteiger partial charge >= 0.3 is 5.97 Å². The van der Waals surface area contributed by atoms with Crippen molar-refractivity contribution in [3.8, 4) is 0 Å². The number of ether oxygens (including phenoxy) is 3. The highest BCUT2D eigenvalue weighted by atomic mass is 16.7. The van der Waals surface area contributed by atoms with E-state index in [1.54, 1.807) is 4.90 Å². The predicted octanol–water partition coefficient (Wildman–Crippen LogP) is 2.56. The Morgan fingerprint density at radius 1 is 1.00 bits per heavy atom. The Balaban J connectivity index is 1.28. The number of carbonyl (C=O) groups excluding carboxylic acids is 4. The van der Waals surface area contributed by atoms with Gasteiger partial charge in [0.25, 0.3) is 0 Å². The number of rotatable bonds is 9. The lowest BCUT2D eigenvalue weighted by Gasteiger charge is -2.32. The van der Waals surface area contributed by atoms with Gasteiger partial charge in [0.2, 0.25) is 17.7 Å². The van der Waals surface area contributed by atoms with Crippen LogP contribution in [-0.2, 0) is 40.0 Å². The number of likely N-dealkylation sites (tertiary alicyclic amines) is 2. The van der Waals surface area contributed by atoms with Gasteiger partial charge in [0, 0.05) is 26.0 Å². The molecule has 0 N–H and O–H groups in total. The van der Waals surface area contributed by atoms with Gasteiger partial charge in [-0.25, -0.2) is 0 Å². The fourth-order valence-corrected chi connectivity index (χ4v) is 4.92. The fourth-order valence-electron chi connectivity index (χ4n) is 4.92. The summed E-state index contributed by atoms with van der Waals surface area (Å²) in [7, 11) is 0.